The van der Waals surface area contributed by atoms with Crippen molar-refractivity contribution in [2.24, 2.45) is 0 Å². The molecule has 17 heavy (non-hydrogen) atoms. The summed E-state index contributed by atoms with van der Waals surface area (Å²) in [5.41, 5.74) is -0.712. The van der Waals surface area contributed by atoms with E-state index in [9.17, 15) is 9.90 Å². The van der Waals surface area contributed by atoms with E-state index in [1.807, 2.05) is 6.92 Å². The van der Waals surface area contributed by atoms with Gasteiger partial charge >= 0.3 is 0 Å². The minimum atomic E-state index is -0.712. The Morgan fingerprint density at radius 3 is 2.76 bits per heavy atom. The van der Waals surface area contributed by atoms with Crippen LogP contribution in [0.5, 0.6) is 0 Å². The molecule has 2 rings (SSSR count). The van der Waals surface area contributed by atoms with Gasteiger partial charge in [0.25, 0.3) is 5.91 Å². The van der Waals surface area contributed by atoms with Crippen molar-refractivity contribution in [1.29, 1.82) is 0 Å². The van der Waals surface area contributed by atoms with Crippen LogP contribution in [-0.4, -0.2) is 23.2 Å². The van der Waals surface area contributed by atoms with Crippen LogP contribution in [0.2, 0.25) is 0 Å². The highest BCUT2D eigenvalue weighted by atomic mass is 16.3. The Bertz CT molecular complexity index is 391. The molecule has 0 aromatic carbocycles. The maximum Gasteiger partial charge on any atom is 0.287 e. The lowest BCUT2D eigenvalue weighted by Crippen LogP contribution is -2.40. The van der Waals surface area contributed by atoms with Gasteiger partial charge < -0.3 is 14.8 Å². The molecule has 0 radical (unpaired) electrons. The fourth-order valence-electron chi connectivity index (χ4n) is 2.23. The second-order valence-corrected chi connectivity index (χ2v) is 4.73. The number of aliphatic hydroxyl groups is 1. The smallest absolute Gasteiger partial charge is 0.287 e. The molecule has 1 amide bonds. The number of amides is 1. The molecular formula is C13H19NO3. The number of aryl methyl sites for hydroxylation is 1. The van der Waals surface area contributed by atoms with Crippen molar-refractivity contribution in [3.8, 4) is 0 Å². The Morgan fingerprint density at radius 2 is 2.18 bits per heavy atom. The molecule has 4 heteroatoms. The second-order valence-electron chi connectivity index (χ2n) is 4.73. The summed E-state index contributed by atoms with van der Waals surface area (Å²) in [6.45, 7) is 2.29. The van der Waals surface area contributed by atoms with Gasteiger partial charge in [-0.2, -0.15) is 0 Å². The number of furan rings is 1. The number of hydrogen-bond donors (Lipinski definition) is 2. The average Bonchev–Trinajstić information content (AvgIpc) is 2.95. The van der Waals surface area contributed by atoms with E-state index in [0.29, 0.717) is 12.3 Å². The van der Waals surface area contributed by atoms with Gasteiger partial charge in [-0.1, -0.05) is 19.8 Å². The molecule has 1 aromatic heterocycles. The third-order valence-electron chi connectivity index (χ3n) is 3.35. The van der Waals surface area contributed by atoms with Crippen LogP contribution in [0.4, 0.5) is 0 Å². The number of rotatable bonds is 4. The molecule has 1 fully saturated rings. The minimum Gasteiger partial charge on any atom is -0.456 e. The molecule has 94 valence electrons. The summed E-state index contributed by atoms with van der Waals surface area (Å²) in [7, 11) is 0. The third kappa shape index (κ3) is 2.88. The van der Waals surface area contributed by atoms with Crippen LogP contribution in [-0.2, 0) is 6.42 Å². The molecule has 0 unspecified atom stereocenters. The van der Waals surface area contributed by atoms with Gasteiger partial charge in [-0.3, -0.25) is 4.79 Å². The Hall–Kier alpha value is -1.29. The highest BCUT2D eigenvalue weighted by Gasteiger charge is 2.31. The first kappa shape index (κ1) is 12.2. The molecule has 0 bridgehead atoms. The van der Waals surface area contributed by atoms with Crippen LogP contribution in [0.25, 0.3) is 0 Å². The van der Waals surface area contributed by atoms with Crippen molar-refractivity contribution >= 4 is 5.91 Å². The van der Waals surface area contributed by atoms with E-state index < -0.39 is 5.60 Å². The van der Waals surface area contributed by atoms with Gasteiger partial charge in [0.05, 0.1) is 5.60 Å². The average molecular weight is 237 g/mol. The van der Waals surface area contributed by atoms with Crippen molar-refractivity contribution in [3.63, 3.8) is 0 Å². The summed E-state index contributed by atoms with van der Waals surface area (Å²) in [6, 6.07) is 3.48. The summed E-state index contributed by atoms with van der Waals surface area (Å²) in [5, 5.41) is 12.8. The number of carbonyl (C=O) groups is 1. The van der Waals surface area contributed by atoms with E-state index in [1.54, 1.807) is 12.1 Å². The molecular weight excluding hydrogens is 218 g/mol. The molecule has 1 heterocycles. The van der Waals surface area contributed by atoms with Crippen LogP contribution >= 0.6 is 0 Å². The zero-order chi connectivity index (χ0) is 12.3. The van der Waals surface area contributed by atoms with E-state index in [2.05, 4.69) is 5.32 Å². The lowest BCUT2D eigenvalue weighted by Gasteiger charge is -2.21. The molecule has 1 saturated carbocycles. The van der Waals surface area contributed by atoms with E-state index in [4.69, 9.17) is 4.42 Å². The maximum atomic E-state index is 11.8. The van der Waals surface area contributed by atoms with E-state index in [1.165, 1.54) is 0 Å². The maximum absolute atomic E-state index is 11.8. The molecule has 0 atom stereocenters. The highest BCUT2D eigenvalue weighted by molar-refractivity contribution is 5.91. The van der Waals surface area contributed by atoms with Crippen molar-refractivity contribution in [1.82, 2.24) is 5.32 Å². The Kier molecular flexibility index (Phi) is 3.52. The topological polar surface area (TPSA) is 62.5 Å². The van der Waals surface area contributed by atoms with Gasteiger partial charge in [0, 0.05) is 13.0 Å². The molecule has 2 N–H and O–H groups in total. The zero-order valence-electron chi connectivity index (χ0n) is 10.2. The molecule has 0 aliphatic heterocycles. The normalized spacial score (nSPS) is 18.2. The molecule has 1 aromatic rings. The van der Waals surface area contributed by atoms with Gasteiger partial charge in [-0.05, 0) is 25.0 Å². The summed E-state index contributed by atoms with van der Waals surface area (Å²) in [6.07, 6.45) is 4.38. The summed E-state index contributed by atoms with van der Waals surface area (Å²) >= 11 is 0. The fourth-order valence-corrected chi connectivity index (χ4v) is 2.23. The summed E-state index contributed by atoms with van der Waals surface area (Å²) in [5.74, 6) is 0.878. The van der Waals surface area contributed by atoms with E-state index >= 15 is 0 Å². The fraction of sp³-hybridized carbons (Fsp3) is 0.615. The molecule has 0 saturated heterocycles. The van der Waals surface area contributed by atoms with Crippen molar-refractivity contribution in [2.75, 3.05) is 6.54 Å². The Labute approximate surface area is 101 Å². The minimum absolute atomic E-state index is 0.245. The molecule has 0 spiro atoms. The Balaban J connectivity index is 1.88. The van der Waals surface area contributed by atoms with E-state index in [-0.39, 0.29) is 5.91 Å². The molecule has 1 aliphatic rings. The van der Waals surface area contributed by atoms with Crippen LogP contribution in [0, 0.1) is 0 Å². The van der Waals surface area contributed by atoms with Gasteiger partial charge in [0.2, 0.25) is 0 Å². The standard InChI is InChI=1S/C13H19NO3/c1-2-10-5-6-11(17-10)12(15)14-9-13(16)7-3-4-8-13/h5-6,16H,2-4,7-9H2,1H3,(H,14,15). The predicted molar refractivity (Wildman–Crippen MR) is 63.8 cm³/mol. The number of hydrogen-bond acceptors (Lipinski definition) is 3. The molecule has 4 nitrogen and oxygen atoms in total. The monoisotopic (exact) mass is 237 g/mol. The Morgan fingerprint density at radius 1 is 1.47 bits per heavy atom. The van der Waals surface area contributed by atoms with Crippen molar-refractivity contribution in [3.05, 3.63) is 23.7 Å². The van der Waals surface area contributed by atoms with Crippen LogP contribution in [0.3, 0.4) is 0 Å². The van der Waals surface area contributed by atoms with Crippen LogP contribution in [0.1, 0.15) is 48.9 Å². The zero-order valence-corrected chi connectivity index (χ0v) is 10.2. The van der Waals surface area contributed by atoms with Gasteiger partial charge in [0.1, 0.15) is 5.76 Å². The van der Waals surface area contributed by atoms with Crippen LogP contribution < -0.4 is 5.32 Å². The van der Waals surface area contributed by atoms with E-state index in [0.717, 1.165) is 37.9 Å². The van der Waals surface area contributed by atoms with Gasteiger partial charge in [-0.15, -0.1) is 0 Å². The van der Waals surface area contributed by atoms with Gasteiger partial charge in [0.15, 0.2) is 5.76 Å². The predicted octanol–water partition coefficient (Wildman–Crippen LogP) is 1.88. The first-order valence-corrected chi connectivity index (χ1v) is 6.22. The second kappa shape index (κ2) is 4.92. The largest absolute Gasteiger partial charge is 0.456 e. The first-order chi connectivity index (χ1) is 8.13. The number of nitrogens with one attached hydrogen (secondary N) is 1. The van der Waals surface area contributed by atoms with Crippen molar-refractivity contribution < 1.29 is 14.3 Å². The van der Waals surface area contributed by atoms with Gasteiger partial charge in [-0.25, -0.2) is 0 Å². The highest BCUT2D eigenvalue weighted by Crippen LogP contribution is 2.28. The summed E-state index contributed by atoms with van der Waals surface area (Å²) in [4.78, 5) is 11.8. The first-order valence-electron chi connectivity index (χ1n) is 6.22. The lowest BCUT2D eigenvalue weighted by atomic mass is 10.0. The van der Waals surface area contributed by atoms with Crippen LogP contribution in [0.15, 0.2) is 16.5 Å². The quantitative estimate of drug-likeness (QED) is 0.840. The lowest BCUT2D eigenvalue weighted by molar-refractivity contribution is 0.0443. The molecule has 1 aliphatic carbocycles. The number of carbonyl (C=O) groups excluding carboxylic acids is 1. The summed E-state index contributed by atoms with van der Waals surface area (Å²) < 4.78 is 5.35. The SMILES string of the molecule is CCc1ccc(C(=O)NCC2(O)CCCC2)o1. The third-order valence-corrected chi connectivity index (χ3v) is 3.35. The van der Waals surface area contributed by atoms with Crippen molar-refractivity contribution in [2.45, 2.75) is 44.6 Å².